The number of hydrogen-bond acceptors (Lipinski definition) is 3. The summed E-state index contributed by atoms with van der Waals surface area (Å²) in [5.74, 6) is 0.532. The Balaban J connectivity index is 1.55. The van der Waals surface area contributed by atoms with Gasteiger partial charge in [-0.15, -0.1) is 0 Å². The van der Waals surface area contributed by atoms with Gasteiger partial charge in [0.15, 0.2) is 0 Å². The Morgan fingerprint density at radius 2 is 2.11 bits per heavy atom. The highest BCUT2D eigenvalue weighted by Crippen LogP contribution is 2.49. The van der Waals surface area contributed by atoms with E-state index in [1.54, 1.807) is 6.08 Å². The standard InChI is InChI=1S/C21H26INO4S/c22-18-7-4-5-15(12-18)9-10-28(26,27)23-20-14-16-11-17(19(20)13-16)6-2-1-3-8-21(24)25/h2,4-7,9-10,12,16-17,19-20,23H,1,3,8,11,13-14H2,(H,24,25). The first-order valence-corrected chi connectivity index (χ1v) is 12.3. The van der Waals surface area contributed by atoms with Gasteiger partial charge in [0.1, 0.15) is 0 Å². The predicted molar refractivity (Wildman–Crippen MR) is 119 cm³/mol. The Morgan fingerprint density at radius 3 is 2.82 bits per heavy atom. The highest BCUT2D eigenvalue weighted by Gasteiger charge is 2.46. The third-order valence-electron chi connectivity index (χ3n) is 5.61. The number of sulfonamides is 1. The smallest absolute Gasteiger partial charge is 0.303 e. The SMILES string of the molecule is O=C(O)CCCC=CC1CC2CC(NS(=O)(=O)C=Cc3cccc(I)c3)C1C2. The zero-order chi connectivity index (χ0) is 20.1. The first-order chi connectivity index (χ1) is 13.3. The third-order valence-corrected chi connectivity index (χ3v) is 7.41. The first-order valence-electron chi connectivity index (χ1n) is 9.67. The average Bonchev–Trinajstić information content (AvgIpc) is 3.19. The number of benzene rings is 1. The normalized spacial score (nSPS) is 27.2. The van der Waals surface area contributed by atoms with E-state index in [0.717, 1.165) is 34.8 Å². The minimum atomic E-state index is -3.48. The number of aliphatic carboxylic acids is 1. The van der Waals surface area contributed by atoms with Crippen molar-refractivity contribution in [3.63, 3.8) is 0 Å². The van der Waals surface area contributed by atoms with E-state index in [1.807, 2.05) is 24.3 Å². The molecule has 2 fully saturated rings. The number of carbonyl (C=O) groups is 1. The second-order valence-electron chi connectivity index (χ2n) is 7.74. The van der Waals surface area contributed by atoms with Crippen molar-refractivity contribution < 1.29 is 18.3 Å². The zero-order valence-electron chi connectivity index (χ0n) is 15.6. The van der Waals surface area contributed by atoms with Gasteiger partial charge in [-0.1, -0.05) is 24.3 Å². The van der Waals surface area contributed by atoms with Gasteiger partial charge >= 0.3 is 5.97 Å². The Hall–Kier alpha value is -1.19. The quantitative estimate of drug-likeness (QED) is 0.290. The summed E-state index contributed by atoms with van der Waals surface area (Å²) < 4.78 is 29.0. The lowest BCUT2D eigenvalue weighted by Gasteiger charge is -2.27. The van der Waals surface area contributed by atoms with Crippen molar-refractivity contribution in [2.75, 3.05) is 0 Å². The fraction of sp³-hybridized carbons (Fsp3) is 0.476. The number of nitrogens with one attached hydrogen (secondary N) is 1. The van der Waals surface area contributed by atoms with E-state index in [-0.39, 0.29) is 12.5 Å². The van der Waals surface area contributed by atoms with Crippen LogP contribution in [0.15, 0.2) is 41.8 Å². The maximum atomic E-state index is 12.5. The van der Waals surface area contributed by atoms with Crippen LogP contribution in [-0.4, -0.2) is 25.5 Å². The van der Waals surface area contributed by atoms with E-state index < -0.39 is 16.0 Å². The largest absolute Gasteiger partial charge is 0.481 e. The molecule has 0 saturated heterocycles. The second-order valence-corrected chi connectivity index (χ2v) is 10.6. The maximum absolute atomic E-state index is 12.5. The molecule has 0 radical (unpaired) electrons. The molecule has 2 saturated carbocycles. The van der Waals surface area contributed by atoms with Gasteiger partial charge in [0.2, 0.25) is 10.0 Å². The predicted octanol–water partition coefficient (Wildman–Crippen LogP) is 4.41. The van der Waals surface area contributed by atoms with Crippen molar-refractivity contribution in [3.8, 4) is 0 Å². The first kappa shape index (κ1) is 21.5. The van der Waals surface area contributed by atoms with Gasteiger partial charge in [0.05, 0.1) is 0 Å². The van der Waals surface area contributed by atoms with Crippen LogP contribution in [0.3, 0.4) is 0 Å². The third kappa shape index (κ3) is 6.15. The van der Waals surface area contributed by atoms with Crippen LogP contribution in [0.1, 0.15) is 44.1 Å². The van der Waals surface area contributed by atoms with Crippen molar-refractivity contribution in [2.24, 2.45) is 17.8 Å². The molecular weight excluding hydrogens is 489 g/mol. The molecule has 5 nitrogen and oxygen atoms in total. The van der Waals surface area contributed by atoms with Crippen molar-refractivity contribution in [2.45, 2.75) is 44.6 Å². The van der Waals surface area contributed by atoms with E-state index >= 15 is 0 Å². The van der Waals surface area contributed by atoms with Crippen LogP contribution in [0.4, 0.5) is 0 Å². The van der Waals surface area contributed by atoms with Crippen LogP contribution in [0, 0.1) is 21.3 Å². The van der Waals surface area contributed by atoms with E-state index in [9.17, 15) is 13.2 Å². The second kappa shape index (κ2) is 9.54. The number of rotatable bonds is 9. The molecule has 0 spiro atoms. The number of hydrogen-bond donors (Lipinski definition) is 2. The lowest BCUT2D eigenvalue weighted by atomic mass is 9.85. The number of allylic oxidation sites excluding steroid dienone is 2. The number of carboxylic acid groups (broad SMARTS) is 1. The van der Waals surface area contributed by atoms with Gasteiger partial charge in [-0.05, 0) is 96.2 Å². The number of halogens is 1. The van der Waals surface area contributed by atoms with Crippen molar-refractivity contribution in [1.82, 2.24) is 4.72 Å². The van der Waals surface area contributed by atoms with Crippen molar-refractivity contribution in [3.05, 3.63) is 51.0 Å². The minimum absolute atomic E-state index is 0.0158. The molecule has 152 valence electrons. The van der Waals surface area contributed by atoms with E-state index in [4.69, 9.17) is 5.11 Å². The van der Waals surface area contributed by atoms with Gasteiger partial charge in [0, 0.05) is 21.4 Å². The number of fused-ring (bicyclic) bond motifs is 2. The Morgan fingerprint density at radius 1 is 1.29 bits per heavy atom. The number of unbranched alkanes of at least 4 members (excludes halogenated alkanes) is 1. The monoisotopic (exact) mass is 515 g/mol. The highest BCUT2D eigenvalue weighted by molar-refractivity contribution is 14.1. The molecule has 4 atom stereocenters. The Labute approximate surface area is 180 Å². The lowest BCUT2D eigenvalue weighted by molar-refractivity contribution is -0.137. The summed E-state index contributed by atoms with van der Waals surface area (Å²) in [5.41, 5.74) is 0.868. The molecule has 4 unspecified atom stereocenters. The van der Waals surface area contributed by atoms with Gasteiger partial charge in [-0.25, -0.2) is 13.1 Å². The van der Waals surface area contributed by atoms with Crippen LogP contribution >= 0.6 is 22.6 Å². The zero-order valence-corrected chi connectivity index (χ0v) is 18.6. The fourth-order valence-electron chi connectivity index (χ4n) is 4.43. The number of carboxylic acids is 1. The van der Waals surface area contributed by atoms with Crippen LogP contribution in [0.2, 0.25) is 0 Å². The van der Waals surface area contributed by atoms with Crippen molar-refractivity contribution >= 4 is 44.7 Å². The summed E-state index contributed by atoms with van der Waals surface area (Å²) in [6.45, 7) is 0. The van der Waals surface area contributed by atoms with Crippen LogP contribution in [-0.2, 0) is 14.8 Å². The van der Waals surface area contributed by atoms with Gasteiger partial charge in [-0.3, -0.25) is 4.79 Å². The van der Waals surface area contributed by atoms with E-state index in [1.165, 1.54) is 5.41 Å². The molecule has 2 N–H and O–H groups in total. The molecule has 7 heteroatoms. The van der Waals surface area contributed by atoms with E-state index in [0.29, 0.717) is 24.2 Å². The van der Waals surface area contributed by atoms with Gasteiger partial charge in [0.25, 0.3) is 0 Å². The Kier molecular flexibility index (Phi) is 7.33. The topological polar surface area (TPSA) is 83.5 Å². The summed E-state index contributed by atoms with van der Waals surface area (Å²) in [5, 5.41) is 9.95. The molecule has 28 heavy (non-hydrogen) atoms. The van der Waals surface area contributed by atoms with Crippen LogP contribution in [0.5, 0.6) is 0 Å². The Bertz CT molecular complexity index is 865. The molecule has 0 heterocycles. The van der Waals surface area contributed by atoms with Crippen molar-refractivity contribution in [1.29, 1.82) is 0 Å². The molecule has 2 aliphatic rings. The summed E-state index contributed by atoms with van der Waals surface area (Å²) in [7, 11) is -3.48. The summed E-state index contributed by atoms with van der Waals surface area (Å²) in [6.07, 6.45) is 10.6. The summed E-state index contributed by atoms with van der Waals surface area (Å²) in [6, 6.07) is 7.68. The molecule has 3 rings (SSSR count). The molecule has 2 aliphatic carbocycles. The summed E-state index contributed by atoms with van der Waals surface area (Å²) >= 11 is 2.21. The van der Waals surface area contributed by atoms with Crippen LogP contribution in [0.25, 0.3) is 6.08 Å². The van der Waals surface area contributed by atoms with Gasteiger partial charge in [-0.2, -0.15) is 0 Å². The minimum Gasteiger partial charge on any atom is -0.481 e. The molecule has 0 aromatic heterocycles. The molecule has 0 aliphatic heterocycles. The molecule has 1 aromatic rings. The molecule has 0 amide bonds. The fourth-order valence-corrected chi connectivity index (χ4v) is 6.11. The van der Waals surface area contributed by atoms with Crippen LogP contribution < -0.4 is 4.72 Å². The van der Waals surface area contributed by atoms with E-state index in [2.05, 4.69) is 39.5 Å². The molecule has 1 aromatic carbocycles. The molecular formula is C21H26INO4S. The summed E-state index contributed by atoms with van der Waals surface area (Å²) in [4.78, 5) is 10.6. The highest BCUT2D eigenvalue weighted by atomic mass is 127. The lowest BCUT2D eigenvalue weighted by Crippen LogP contribution is -2.40. The molecule has 2 bridgehead atoms. The van der Waals surface area contributed by atoms with Gasteiger partial charge < -0.3 is 5.11 Å². The average molecular weight is 515 g/mol. The maximum Gasteiger partial charge on any atom is 0.303 e.